The van der Waals surface area contributed by atoms with Gasteiger partial charge in [-0.15, -0.1) is 0 Å². The number of aromatic nitrogens is 1. The van der Waals surface area contributed by atoms with Crippen LogP contribution in [0.15, 0.2) is 48.8 Å². The number of anilines is 1. The van der Waals surface area contributed by atoms with Crippen molar-refractivity contribution in [3.05, 3.63) is 59.9 Å². The maximum atomic E-state index is 13.3. The molecule has 160 valence electrons. The fourth-order valence-corrected chi connectivity index (χ4v) is 4.68. The lowest BCUT2D eigenvalue weighted by Gasteiger charge is -2.49. The summed E-state index contributed by atoms with van der Waals surface area (Å²) in [5, 5.41) is 3.71. The van der Waals surface area contributed by atoms with E-state index in [0.29, 0.717) is 19.7 Å². The number of nitrogens with zero attached hydrogens (tertiary/aromatic N) is 3. The van der Waals surface area contributed by atoms with Crippen LogP contribution in [0.2, 0.25) is 0 Å². The highest BCUT2D eigenvalue weighted by atomic mass is 16.5. The molecule has 1 amide bonds. The van der Waals surface area contributed by atoms with E-state index in [4.69, 9.17) is 4.74 Å². The Labute approximate surface area is 179 Å². The Bertz CT molecular complexity index is 853. The van der Waals surface area contributed by atoms with Gasteiger partial charge < -0.3 is 19.9 Å². The van der Waals surface area contributed by atoms with Crippen LogP contribution in [0.5, 0.6) is 0 Å². The minimum atomic E-state index is -0.312. The van der Waals surface area contributed by atoms with E-state index in [-0.39, 0.29) is 17.6 Å². The fraction of sp³-hybridized carbons (Fsp3) is 0.500. The minimum absolute atomic E-state index is 0.0953. The summed E-state index contributed by atoms with van der Waals surface area (Å²) < 4.78 is 6.41. The standard InChI is InChI=1S/C24H32N4O2/c1-27(2)21-9-5-8-20(15-21)23(29)28-13-14-30-24(18-28)11-4-3-10-22(24)26-17-19-7-6-12-25-16-19/h5-9,12,15-16,22,26H,3-4,10-11,13-14,17-18H2,1-2H3/t22-,24+/m1/s1. The first kappa shape index (κ1) is 20.8. The number of rotatable bonds is 5. The number of benzene rings is 1. The minimum Gasteiger partial charge on any atom is -0.378 e. The number of nitrogens with one attached hydrogen (secondary N) is 1. The second-order valence-electron chi connectivity index (χ2n) is 8.63. The van der Waals surface area contributed by atoms with Gasteiger partial charge in [0.1, 0.15) is 5.60 Å². The van der Waals surface area contributed by atoms with Gasteiger partial charge in [-0.3, -0.25) is 9.78 Å². The summed E-state index contributed by atoms with van der Waals surface area (Å²) in [5.41, 5.74) is 2.64. The molecule has 2 heterocycles. The van der Waals surface area contributed by atoms with E-state index in [1.807, 2.05) is 60.4 Å². The zero-order valence-electron chi connectivity index (χ0n) is 18.0. The maximum Gasteiger partial charge on any atom is 0.254 e. The molecule has 1 aromatic heterocycles. The molecule has 1 aliphatic heterocycles. The number of carbonyl (C=O) groups excluding carboxylic acids is 1. The number of ether oxygens (including phenoxy) is 1. The number of hydrogen-bond acceptors (Lipinski definition) is 5. The van der Waals surface area contributed by atoms with E-state index in [9.17, 15) is 4.79 Å². The van der Waals surface area contributed by atoms with E-state index in [1.54, 1.807) is 6.20 Å². The van der Waals surface area contributed by atoms with Gasteiger partial charge in [-0.2, -0.15) is 0 Å². The average molecular weight is 409 g/mol. The molecule has 1 aromatic carbocycles. The highest BCUT2D eigenvalue weighted by molar-refractivity contribution is 5.95. The van der Waals surface area contributed by atoms with Crippen LogP contribution in [0.4, 0.5) is 5.69 Å². The van der Waals surface area contributed by atoms with Gasteiger partial charge in [0.2, 0.25) is 0 Å². The second-order valence-corrected chi connectivity index (χ2v) is 8.63. The van der Waals surface area contributed by atoms with Crippen molar-refractivity contribution in [2.45, 2.75) is 43.9 Å². The second kappa shape index (κ2) is 9.14. The Morgan fingerprint density at radius 2 is 2.20 bits per heavy atom. The Morgan fingerprint density at radius 3 is 3.00 bits per heavy atom. The van der Waals surface area contributed by atoms with Gasteiger partial charge >= 0.3 is 0 Å². The molecular weight excluding hydrogens is 376 g/mol. The molecule has 1 aliphatic carbocycles. The highest BCUT2D eigenvalue weighted by Crippen LogP contribution is 2.35. The summed E-state index contributed by atoms with van der Waals surface area (Å²) in [4.78, 5) is 21.5. The van der Waals surface area contributed by atoms with Gasteiger partial charge in [0, 0.05) is 56.9 Å². The fourth-order valence-electron chi connectivity index (χ4n) is 4.68. The third kappa shape index (κ3) is 4.50. The van der Waals surface area contributed by atoms with Crippen LogP contribution in [0.25, 0.3) is 0 Å². The Kier molecular flexibility index (Phi) is 6.35. The van der Waals surface area contributed by atoms with Crippen molar-refractivity contribution in [1.82, 2.24) is 15.2 Å². The lowest BCUT2D eigenvalue weighted by atomic mass is 9.78. The molecule has 30 heavy (non-hydrogen) atoms. The number of hydrogen-bond donors (Lipinski definition) is 1. The van der Waals surface area contributed by atoms with Crippen LogP contribution >= 0.6 is 0 Å². The van der Waals surface area contributed by atoms with Crippen molar-refractivity contribution in [3.8, 4) is 0 Å². The smallest absolute Gasteiger partial charge is 0.254 e. The number of pyridine rings is 1. The summed E-state index contributed by atoms with van der Waals surface area (Å²) in [6.45, 7) is 2.64. The molecule has 1 saturated carbocycles. The van der Waals surface area contributed by atoms with Crippen molar-refractivity contribution < 1.29 is 9.53 Å². The molecule has 6 nitrogen and oxygen atoms in total. The first-order valence-electron chi connectivity index (χ1n) is 10.9. The molecule has 1 spiro atoms. The highest BCUT2D eigenvalue weighted by Gasteiger charge is 2.46. The SMILES string of the molecule is CN(C)c1cccc(C(=O)N2CCO[C@@]3(CCCC[C@H]3NCc3cccnc3)C2)c1. The van der Waals surface area contributed by atoms with Crippen LogP contribution < -0.4 is 10.2 Å². The van der Waals surface area contributed by atoms with E-state index in [0.717, 1.165) is 37.1 Å². The van der Waals surface area contributed by atoms with Crippen molar-refractivity contribution in [2.75, 3.05) is 38.7 Å². The van der Waals surface area contributed by atoms with Gasteiger partial charge in [0.25, 0.3) is 5.91 Å². The molecular formula is C24H32N4O2. The molecule has 2 aliphatic rings. The van der Waals surface area contributed by atoms with E-state index < -0.39 is 0 Å². The monoisotopic (exact) mass is 408 g/mol. The van der Waals surface area contributed by atoms with Gasteiger partial charge in [-0.05, 0) is 42.7 Å². The first-order valence-corrected chi connectivity index (χ1v) is 10.9. The van der Waals surface area contributed by atoms with Gasteiger partial charge in [-0.25, -0.2) is 0 Å². The van der Waals surface area contributed by atoms with Crippen LogP contribution in [0.3, 0.4) is 0 Å². The first-order chi connectivity index (χ1) is 14.6. The molecule has 2 aromatic rings. The van der Waals surface area contributed by atoms with E-state index in [1.165, 1.54) is 12.0 Å². The lowest BCUT2D eigenvalue weighted by Crippen LogP contribution is -2.64. The number of amides is 1. The molecule has 2 fully saturated rings. The van der Waals surface area contributed by atoms with Gasteiger partial charge in [-0.1, -0.05) is 25.0 Å². The van der Waals surface area contributed by atoms with Gasteiger partial charge in [0.05, 0.1) is 13.2 Å². The zero-order chi connectivity index (χ0) is 21.0. The molecule has 1 N–H and O–H groups in total. The molecule has 2 atom stereocenters. The molecule has 1 saturated heterocycles. The zero-order valence-corrected chi connectivity index (χ0v) is 18.0. The molecule has 0 unspecified atom stereocenters. The van der Waals surface area contributed by atoms with E-state index >= 15 is 0 Å². The van der Waals surface area contributed by atoms with E-state index in [2.05, 4.69) is 16.4 Å². The largest absolute Gasteiger partial charge is 0.378 e. The lowest BCUT2D eigenvalue weighted by molar-refractivity contribution is -0.135. The molecule has 0 radical (unpaired) electrons. The summed E-state index contributed by atoms with van der Waals surface area (Å²) in [6, 6.07) is 12.2. The Hall–Kier alpha value is -2.44. The topological polar surface area (TPSA) is 57.7 Å². The van der Waals surface area contributed by atoms with Crippen LogP contribution in [-0.4, -0.2) is 61.2 Å². The molecule has 0 bridgehead atoms. The quantitative estimate of drug-likeness (QED) is 0.824. The van der Waals surface area contributed by atoms with Gasteiger partial charge in [0.15, 0.2) is 0 Å². The summed E-state index contributed by atoms with van der Waals surface area (Å²) in [6.07, 6.45) is 8.08. The number of carbonyl (C=O) groups is 1. The van der Waals surface area contributed by atoms with Crippen LogP contribution in [0, 0.1) is 0 Å². The summed E-state index contributed by atoms with van der Waals surface area (Å²) in [7, 11) is 3.99. The normalized spacial score (nSPS) is 24.1. The Balaban J connectivity index is 1.48. The van der Waals surface area contributed by atoms with Crippen LogP contribution in [0.1, 0.15) is 41.6 Å². The third-order valence-corrected chi connectivity index (χ3v) is 6.36. The average Bonchev–Trinajstić information content (AvgIpc) is 2.79. The van der Waals surface area contributed by atoms with Crippen molar-refractivity contribution in [2.24, 2.45) is 0 Å². The molecule has 6 heteroatoms. The predicted molar refractivity (Wildman–Crippen MR) is 119 cm³/mol. The van der Waals surface area contributed by atoms with Crippen LogP contribution in [-0.2, 0) is 11.3 Å². The predicted octanol–water partition coefficient (Wildman–Crippen LogP) is 3.09. The van der Waals surface area contributed by atoms with Crippen molar-refractivity contribution in [1.29, 1.82) is 0 Å². The Morgan fingerprint density at radius 1 is 1.30 bits per heavy atom. The summed E-state index contributed by atoms with van der Waals surface area (Å²) >= 11 is 0. The third-order valence-electron chi connectivity index (χ3n) is 6.36. The molecule has 4 rings (SSSR count). The van der Waals surface area contributed by atoms with Crippen molar-refractivity contribution >= 4 is 11.6 Å². The summed E-state index contributed by atoms with van der Waals surface area (Å²) in [5.74, 6) is 0.0953. The maximum absolute atomic E-state index is 13.3. The number of morpholine rings is 1. The van der Waals surface area contributed by atoms with Crippen molar-refractivity contribution in [3.63, 3.8) is 0 Å².